The molecule has 0 aromatic heterocycles. The van der Waals surface area contributed by atoms with E-state index in [0.29, 0.717) is 18.9 Å². The van der Waals surface area contributed by atoms with Gasteiger partial charge in [0.25, 0.3) is 0 Å². The predicted octanol–water partition coefficient (Wildman–Crippen LogP) is 5.51. The number of hydrogen-bond acceptors (Lipinski definition) is 5. The van der Waals surface area contributed by atoms with Crippen LogP contribution in [0, 0.1) is 29.1 Å². The summed E-state index contributed by atoms with van der Waals surface area (Å²) < 4.78 is 5.55. The molecule has 1 amide bonds. The Bertz CT molecular complexity index is 782. The molecule has 6 heteroatoms. The van der Waals surface area contributed by atoms with E-state index in [-0.39, 0.29) is 47.8 Å². The quantitative estimate of drug-likeness (QED) is 0.386. The molecule has 0 spiro atoms. The summed E-state index contributed by atoms with van der Waals surface area (Å²) in [5.74, 6) is -0.682. The van der Waals surface area contributed by atoms with E-state index < -0.39 is 17.6 Å². The van der Waals surface area contributed by atoms with E-state index in [9.17, 15) is 19.2 Å². The minimum atomic E-state index is -0.599. The lowest BCUT2D eigenvalue weighted by Crippen LogP contribution is -2.48. The Morgan fingerprint density at radius 2 is 1.57 bits per heavy atom. The number of nitrogens with zero attached hydrogens (tertiary/aromatic N) is 1. The van der Waals surface area contributed by atoms with E-state index in [0.717, 1.165) is 51.2 Å². The number of Topliss-reactive ketones (excluding diaryl/α,β-unsaturated/α-hetero) is 1. The summed E-state index contributed by atoms with van der Waals surface area (Å²) in [5, 5.41) is 0. The lowest BCUT2D eigenvalue weighted by molar-refractivity contribution is -0.159. The maximum absolute atomic E-state index is 13.8. The number of carbonyl (C=O) groups excluding carboxylic acids is 4. The summed E-state index contributed by atoms with van der Waals surface area (Å²) in [7, 11) is 0. The molecule has 1 unspecified atom stereocenters. The van der Waals surface area contributed by atoms with Crippen LogP contribution in [-0.2, 0) is 23.9 Å². The van der Waals surface area contributed by atoms with E-state index in [4.69, 9.17) is 4.74 Å². The fourth-order valence-corrected chi connectivity index (χ4v) is 6.47. The van der Waals surface area contributed by atoms with Crippen molar-refractivity contribution < 1.29 is 23.9 Å². The number of ketones is 1. The van der Waals surface area contributed by atoms with Gasteiger partial charge < -0.3 is 14.4 Å². The summed E-state index contributed by atoms with van der Waals surface area (Å²) in [6.45, 7) is 10.4. The molecular formula is C29H47NO5. The van der Waals surface area contributed by atoms with Crippen LogP contribution in [0.3, 0.4) is 0 Å². The van der Waals surface area contributed by atoms with Gasteiger partial charge in [-0.05, 0) is 50.9 Å². The van der Waals surface area contributed by atoms with Gasteiger partial charge in [0.05, 0.1) is 12.5 Å². The average molecular weight is 490 g/mol. The third-order valence-electron chi connectivity index (χ3n) is 8.54. The van der Waals surface area contributed by atoms with Gasteiger partial charge in [0.15, 0.2) is 5.78 Å². The van der Waals surface area contributed by atoms with Crippen LogP contribution in [0.5, 0.6) is 0 Å². The zero-order valence-electron chi connectivity index (χ0n) is 22.6. The van der Waals surface area contributed by atoms with Gasteiger partial charge in [-0.2, -0.15) is 0 Å². The Balaban J connectivity index is 1.81. The topological polar surface area (TPSA) is 80.8 Å². The second-order valence-electron chi connectivity index (χ2n) is 12.8. The molecule has 1 aliphatic carbocycles. The molecule has 0 aromatic carbocycles. The number of ether oxygens (including phenoxy) is 1. The van der Waals surface area contributed by atoms with Crippen LogP contribution in [0.15, 0.2) is 0 Å². The fraction of sp³-hybridized carbons (Fsp3) is 0.862. The maximum Gasteiger partial charge on any atom is 0.307 e. The van der Waals surface area contributed by atoms with E-state index in [1.54, 1.807) is 4.90 Å². The Morgan fingerprint density at radius 1 is 1.00 bits per heavy atom. The van der Waals surface area contributed by atoms with Crippen LogP contribution in [0.4, 0.5) is 0 Å². The van der Waals surface area contributed by atoms with Crippen LogP contribution in [0.25, 0.3) is 0 Å². The fourth-order valence-electron chi connectivity index (χ4n) is 6.47. The van der Waals surface area contributed by atoms with Gasteiger partial charge in [0.2, 0.25) is 5.91 Å². The van der Waals surface area contributed by atoms with Crippen LogP contribution in [-0.4, -0.2) is 47.0 Å². The number of aldehydes is 1. The minimum absolute atomic E-state index is 0.0221. The van der Waals surface area contributed by atoms with Crippen molar-refractivity contribution >= 4 is 23.9 Å². The van der Waals surface area contributed by atoms with Gasteiger partial charge in [-0.15, -0.1) is 0 Å². The summed E-state index contributed by atoms with van der Waals surface area (Å²) in [5.41, 5.74) is -0.564. The van der Waals surface area contributed by atoms with Crippen molar-refractivity contribution in [2.24, 2.45) is 29.1 Å². The van der Waals surface area contributed by atoms with Crippen molar-refractivity contribution in [2.45, 2.75) is 123 Å². The van der Waals surface area contributed by atoms with E-state index >= 15 is 0 Å². The normalized spacial score (nSPS) is 32.8. The van der Waals surface area contributed by atoms with Crippen LogP contribution in [0.2, 0.25) is 0 Å². The Morgan fingerprint density at radius 3 is 2.14 bits per heavy atom. The number of carbonyl (C=O) groups is 4. The highest BCUT2D eigenvalue weighted by Gasteiger charge is 2.69. The highest BCUT2D eigenvalue weighted by molar-refractivity contribution is 5.93. The molecule has 2 heterocycles. The number of esters is 1. The third kappa shape index (κ3) is 7.16. The van der Waals surface area contributed by atoms with Crippen molar-refractivity contribution in [3.05, 3.63) is 0 Å². The van der Waals surface area contributed by atoms with E-state index in [1.165, 1.54) is 12.8 Å². The monoisotopic (exact) mass is 489 g/mol. The molecule has 3 fully saturated rings. The van der Waals surface area contributed by atoms with Crippen molar-refractivity contribution in [2.75, 3.05) is 6.54 Å². The van der Waals surface area contributed by atoms with Crippen LogP contribution < -0.4 is 0 Å². The van der Waals surface area contributed by atoms with Crippen molar-refractivity contribution in [1.82, 2.24) is 4.90 Å². The lowest BCUT2D eigenvalue weighted by atomic mass is 9.89. The van der Waals surface area contributed by atoms with Gasteiger partial charge in [0, 0.05) is 24.8 Å². The summed E-state index contributed by atoms with van der Waals surface area (Å²) >= 11 is 0. The molecule has 198 valence electrons. The smallest absolute Gasteiger partial charge is 0.307 e. The molecule has 3 aliphatic rings. The highest BCUT2D eigenvalue weighted by atomic mass is 16.6. The molecule has 35 heavy (non-hydrogen) atoms. The number of piperidine rings is 1. The zero-order chi connectivity index (χ0) is 25.8. The van der Waals surface area contributed by atoms with Crippen LogP contribution in [0.1, 0.15) is 112 Å². The zero-order valence-corrected chi connectivity index (χ0v) is 22.6. The molecule has 3 rings (SSSR count). The van der Waals surface area contributed by atoms with E-state index in [2.05, 4.69) is 13.8 Å². The lowest BCUT2D eigenvalue weighted by Gasteiger charge is -2.33. The first-order valence-electron chi connectivity index (χ1n) is 14.0. The third-order valence-corrected chi connectivity index (χ3v) is 8.54. The van der Waals surface area contributed by atoms with Gasteiger partial charge in [-0.25, -0.2) is 0 Å². The Hall–Kier alpha value is -1.72. The number of rotatable bonds is 3. The molecule has 2 saturated heterocycles. The van der Waals surface area contributed by atoms with Gasteiger partial charge in [-0.1, -0.05) is 65.2 Å². The maximum atomic E-state index is 13.8. The second-order valence-corrected chi connectivity index (χ2v) is 12.8. The Kier molecular flexibility index (Phi) is 9.20. The van der Waals surface area contributed by atoms with Crippen molar-refractivity contribution in [3.8, 4) is 0 Å². The van der Waals surface area contributed by atoms with Crippen molar-refractivity contribution in [3.63, 3.8) is 0 Å². The molecule has 0 N–H and O–H groups in total. The SMILES string of the molecule is CC(C)(C)OC(=O)C[C@H]1CCCCCCCCCC[C@@H](C=O)CC(=O)[C@@H]2[C@@H]3C(CN2C1=O)C3(C)C. The average Bonchev–Trinajstić information content (AvgIpc) is 3.09. The van der Waals surface area contributed by atoms with Gasteiger partial charge in [0.1, 0.15) is 11.9 Å². The molecule has 2 aliphatic heterocycles. The molecule has 0 aromatic rings. The van der Waals surface area contributed by atoms with Crippen molar-refractivity contribution in [1.29, 1.82) is 0 Å². The van der Waals surface area contributed by atoms with Gasteiger partial charge in [-0.3, -0.25) is 14.4 Å². The number of amides is 1. The standard InChI is InChI=1S/C29H47NO5/c1-28(2,3)35-24(33)17-21-15-13-11-9-7-6-8-10-12-14-20(19-31)16-23(32)26-25-22(29(25,4)5)18-30(26)27(21)34/h19-22,25-26H,6-18H2,1-5H3/t20-,21-,22?,25+,26-/m1/s1. The van der Waals surface area contributed by atoms with Crippen LogP contribution >= 0.6 is 0 Å². The minimum Gasteiger partial charge on any atom is -0.460 e. The van der Waals surface area contributed by atoms with Gasteiger partial charge >= 0.3 is 5.97 Å². The summed E-state index contributed by atoms with van der Waals surface area (Å²) in [4.78, 5) is 53.6. The number of hydrogen-bond donors (Lipinski definition) is 0. The largest absolute Gasteiger partial charge is 0.460 e. The Labute approximate surface area is 211 Å². The second kappa shape index (κ2) is 11.6. The predicted molar refractivity (Wildman–Crippen MR) is 136 cm³/mol. The summed E-state index contributed by atoms with van der Waals surface area (Å²) in [6, 6.07) is -0.471. The number of fused-ring (bicyclic) bond motifs is 3. The molecule has 0 radical (unpaired) electrons. The highest BCUT2D eigenvalue weighted by Crippen LogP contribution is 2.65. The molecule has 0 bridgehead atoms. The summed E-state index contributed by atoms with van der Waals surface area (Å²) in [6.07, 6.45) is 11.3. The molecule has 1 saturated carbocycles. The molecule has 6 nitrogen and oxygen atoms in total. The first-order valence-corrected chi connectivity index (χ1v) is 14.0. The first-order chi connectivity index (χ1) is 16.5. The van der Waals surface area contributed by atoms with E-state index in [1.807, 2.05) is 20.8 Å². The first kappa shape index (κ1) is 27.9. The molecular weight excluding hydrogens is 442 g/mol. The molecule has 5 atom stereocenters.